The van der Waals surface area contributed by atoms with E-state index in [0.717, 1.165) is 54.0 Å². The summed E-state index contributed by atoms with van der Waals surface area (Å²) in [7, 11) is 0. The van der Waals surface area contributed by atoms with Crippen LogP contribution < -0.4 is 16.6 Å². The molecule has 186 valence electrons. The molecule has 0 aliphatic heterocycles. The van der Waals surface area contributed by atoms with Gasteiger partial charge in [-0.3, -0.25) is 14.2 Å². The molecule has 1 aromatic carbocycles. The molecule has 0 radical (unpaired) electrons. The summed E-state index contributed by atoms with van der Waals surface area (Å²) < 4.78 is 1.86. The van der Waals surface area contributed by atoms with Crippen LogP contribution in [0.4, 0.5) is 0 Å². The van der Waals surface area contributed by atoms with Gasteiger partial charge in [-0.05, 0) is 42.5 Å². The minimum absolute atomic E-state index is 0.0222. The zero-order valence-corrected chi connectivity index (χ0v) is 20.5. The third-order valence-corrected chi connectivity index (χ3v) is 7.56. The van der Waals surface area contributed by atoms with Crippen LogP contribution in [0.25, 0.3) is 5.69 Å². The Balaban J connectivity index is 1.59. The van der Waals surface area contributed by atoms with Crippen LogP contribution in [0.5, 0.6) is 0 Å². The van der Waals surface area contributed by atoms with Gasteiger partial charge in [-0.15, -0.1) is 11.3 Å². The van der Waals surface area contributed by atoms with E-state index < -0.39 is 29.5 Å². The molecule has 0 bridgehead atoms. The Morgan fingerprint density at radius 2 is 1.91 bits per heavy atom. The molecule has 3 N–H and O–H groups in total. The predicted molar refractivity (Wildman–Crippen MR) is 133 cm³/mol. The molecule has 11 heteroatoms. The van der Waals surface area contributed by atoms with E-state index in [4.69, 9.17) is 11.6 Å². The Morgan fingerprint density at radius 1 is 1.17 bits per heavy atom. The maximum Gasteiger partial charge on any atom is 0.352 e. The number of rotatable bonds is 7. The summed E-state index contributed by atoms with van der Waals surface area (Å²) in [6.07, 6.45) is 4.90. The van der Waals surface area contributed by atoms with E-state index in [9.17, 15) is 24.6 Å². The first kappa shape index (κ1) is 25.3. The van der Waals surface area contributed by atoms with Crippen molar-refractivity contribution in [3.63, 3.8) is 0 Å². The van der Waals surface area contributed by atoms with Gasteiger partial charge in [0, 0.05) is 10.8 Å². The van der Waals surface area contributed by atoms with Crippen molar-refractivity contribution in [2.24, 2.45) is 5.92 Å². The maximum atomic E-state index is 13.1. The number of carbonyl (C=O) groups is 1. The van der Waals surface area contributed by atoms with Crippen LogP contribution in [0, 0.1) is 5.92 Å². The topological polar surface area (TPSA) is 126 Å². The van der Waals surface area contributed by atoms with E-state index in [0.29, 0.717) is 4.88 Å². The second-order valence-corrected chi connectivity index (χ2v) is 10.0. The van der Waals surface area contributed by atoms with Gasteiger partial charge in [-0.25, -0.2) is 4.79 Å². The molecule has 0 saturated heterocycles. The van der Waals surface area contributed by atoms with Gasteiger partial charge in [-0.1, -0.05) is 43.4 Å². The number of hydrogen-bond donors (Lipinski definition) is 3. The zero-order chi connectivity index (χ0) is 24.9. The van der Waals surface area contributed by atoms with E-state index in [1.807, 2.05) is 0 Å². The first-order chi connectivity index (χ1) is 16.8. The van der Waals surface area contributed by atoms with Gasteiger partial charge >= 0.3 is 5.69 Å². The van der Waals surface area contributed by atoms with Crippen molar-refractivity contribution < 1.29 is 15.0 Å². The normalized spacial score (nSPS) is 16.4. The summed E-state index contributed by atoms with van der Waals surface area (Å²) in [5, 5.41) is 29.5. The molecule has 4 rings (SSSR count). The first-order valence-corrected chi connectivity index (χ1v) is 12.8. The lowest BCUT2D eigenvalue weighted by Gasteiger charge is -2.22. The summed E-state index contributed by atoms with van der Waals surface area (Å²) in [5.74, 6) is -0.589. The predicted octanol–water partition coefficient (Wildman–Crippen LogP) is 2.86. The van der Waals surface area contributed by atoms with Crippen molar-refractivity contribution in [1.29, 1.82) is 0 Å². The van der Waals surface area contributed by atoms with Crippen LogP contribution in [-0.2, 0) is 6.54 Å². The monoisotopic (exact) mass is 518 g/mol. The number of aliphatic hydroxyl groups excluding tert-OH is 2. The van der Waals surface area contributed by atoms with E-state index in [1.54, 1.807) is 17.5 Å². The number of nitrogens with one attached hydrogen (secondary N) is 1. The molecular formula is C24H27ClN4O5S. The summed E-state index contributed by atoms with van der Waals surface area (Å²) in [5.41, 5.74) is -1.13. The molecule has 1 amide bonds. The van der Waals surface area contributed by atoms with Crippen molar-refractivity contribution in [3.05, 3.63) is 78.2 Å². The average molecular weight is 519 g/mol. The van der Waals surface area contributed by atoms with Crippen molar-refractivity contribution in [1.82, 2.24) is 19.7 Å². The highest BCUT2D eigenvalue weighted by Gasteiger charge is 2.24. The fraction of sp³-hybridized carbons (Fsp3) is 0.417. The molecule has 35 heavy (non-hydrogen) atoms. The summed E-state index contributed by atoms with van der Waals surface area (Å²) in [4.78, 5) is 38.9. The van der Waals surface area contributed by atoms with Gasteiger partial charge in [0.25, 0.3) is 11.5 Å². The lowest BCUT2D eigenvalue weighted by Crippen LogP contribution is -2.41. The maximum absolute atomic E-state index is 13.1. The smallest absolute Gasteiger partial charge is 0.352 e. The quantitative estimate of drug-likeness (QED) is 0.326. The molecule has 1 saturated carbocycles. The summed E-state index contributed by atoms with van der Waals surface area (Å²) in [6.45, 7) is -0.241. The number of hydrogen-bond acceptors (Lipinski definition) is 7. The fourth-order valence-electron chi connectivity index (χ4n) is 4.30. The van der Waals surface area contributed by atoms with E-state index in [2.05, 4.69) is 10.4 Å². The van der Waals surface area contributed by atoms with Crippen LogP contribution in [0.2, 0.25) is 5.02 Å². The average Bonchev–Trinajstić information content (AvgIpc) is 3.24. The number of benzene rings is 1. The van der Waals surface area contributed by atoms with E-state index >= 15 is 0 Å². The molecule has 1 aliphatic carbocycles. The number of nitrogens with zero attached hydrogens (tertiary/aromatic N) is 3. The van der Waals surface area contributed by atoms with Crippen LogP contribution in [0.1, 0.15) is 59.9 Å². The summed E-state index contributed by atoms with van der Waals surface area (Å²) in [6, 6.07) is 7.82. The molecule has 9 nitrogen and oxygen atoms in total. The zero-order valence-electron chi connectivity index (χ0n) is 19.0. The van der Waals surface area contributed by atoms with E-state index in [-0.39, 0.29) is 28.7 Å². The molecular weight excluding hydrogens is 492 g/mol. The third kappa shape index (κ3) is 5.90. The largest absolute Gasteiger partial charge is 0.386 e. The Morgan fingerprint density at radius 3 is 2.60 bits per heavy atom. The molecule has 2 atom stereocenters. The molecule has 1 fully saturated rings. The van der Waals surface area contributed by atoms with E-state index in [1.165, 1.54) is 29.5 Å². The molecule has 0 spiro atoms. The van der Waals surface area contributed by atoms with Crippen molar-refractivity contribution in [2.45, 2.75) is 57.4 Å². The highest BCUT2D eigenvalue weighted by Crippen LogP contribution is 2.26. The van der Waals surface area contributed by atoms with Gasteiger partial charge in [0.05, 0.1) is 22.8 Å². The Kier molecular flexibility index (Phi) is 8.17. The van der Waals surface area contributed by atoms with Crippen molar-refractivity contribution in [2.75, 3.05) is 0 Å². The minimum Gasteiger partial charge on any atom is -0.386 e. The number of carbonyl (C=O) groups excluding carboxylic acids is 1. The number of amides is 1. The SMILES string of the molecule is O=C(NC(O)C1CCCCCC1)c1cc(-n2ncc(=O)n(CC(O)c3cccs3)c2=O)ccc1Cl. The second kappa shape index (κ2) is 11.3. The van der Waals surface area contributed by atoms with Gasteiger partial charge in [-0.2, -0.15) is 9.78 Å². The molecule has 2 unspecified atom stereocenters. The Labute approximate surface area is 210 Å². The first-order valence-electron chi connectivity index (χ1n) is 11.5. The van der Waals surface area contributed by atoms with Crippen LogP contribution in [0.3, 0.4) is 0 Å². The second-order valence-electron chi connectivity index (χ2n) is 8.65. The van der Waals surface area contributed by atoms with Gasteiger partial charge < -0.3 is 15.5 Å². The third-order valence-electron chi connectivity index (χ3n) is 6.25. The number of aromatic nitrogens is 3. The molecule has 2 heterocycles. The van der Waals surface area contributed by atoms with Crippen LogP contribution in [0.15, 0.2) is 51.5 Å². The van der Waals surface area contributed by atoms with Crippen molar-refractivity contribution in [3.8, 4) is 5.69 Å². The lowest BCUT2D eigenvalue weighted by molar-refractivity contribution is 0.0532. The van der Waals surface area contributed by atoms with Gasteiger partial charge in [0.2, 0.25) is 0 Å². The van der Waals surface area contributed by atoms with Gasteiger partial charge in [0.1, 0.15) is 18.5 Å². The molecule has 1 aliphatic rings. The van der Waals surface area contributed by atoms with Crippen LogP contribution in [-0.4, -0.2) is 36.7 Å². The Hall–Kier alpha value is -2.79. The highest BCUT2D eigenvalue weighted by atomic mass is 35.5. The van der Waals surface area contributed by atoms with Crippen LogP contribution >= 0.6 is 22.9 Å². The fourth-order valence-corrected chi connectivity index (χ4v) is 5.21. The number of halogens is 1. The van der Waals surface area contributed by atoms with Crippen molar-refractivity contribution >= 4 is 28.8 Å². The summed E-state index contributed by atoms with van der Waals surface area (Å²) >= 11 is 7.57. The minimum atomic E-state index is -1.03. The standard InChI is InChI=1S/C24H27ClN4O5S/c25-18-10-9-16(12-17(18)23(33)27-22(32)15-6-3-1-2-4-7-15)29-24(34)28(21(31)13-26-29)14-19(30)20-8-5-11-35-20/h5,8-13,15,19,22,30,32H,1-4,6-7,14H2,(H,27,33). The Bertz CT molecular complexity index is 1280. The molecule has 2 aromatic heterocycles. The molecule has 3 aromatic rings. The number of thiophene rings is 1. The van der Waals surface area contributed by atoms with Gasteiger partial charge in [0.15, 0.2) is 0 Å². The number of aliphatic hydroxyl groups is 2. The lowest BCUT2D eigenvalue weighted by atomic mass is 9.98. The highest BCUT2D eigenvalue weighted by molar-refractivity contribution is 7.10.